The maximum absolute atomic E-state index is 14.6. The van der Waals surface area contributed by atoms with Crippen LogP contribution in [0.3, 0.4) is 0 Å². The first-order chi connectivity index (χ1) is 12.7. The molecule has 2 atom stereocenters. The Bertz CT molecular complexity index is 976. The predicted molar refractivity (Wildman–Crippen MR) is 105 cm³/mol. The summed E-state index contributed by atoms with van der Waals surface area (Å²) in [6.07, 6.45) is 0. The van der Waals surface area contributed by atoms with Crippen molar-refractivity contribution >= 4 is 39.0 Å². The quantitative estimate of drug-likeness (QED) is 0.723. The van der Waals surface area contributed by atoms with E-state index in [2.05, 4.69) is 20.9 Å². The lowest BCUT2D eigenvalue weighted by Crippen LogP contribution is -2.62. The van der Waals surface area contributed by atoms with Crippen LogP contribution in [0.2, 0.25) is 0 Å². The second-order valence-electron chi connectivity index (χ2n) is 6.39. The van der Waals surface area contributed by atoms with E-state index in [-0.39, 0.29) is 11.3 Å². The molecule has 0 aliphatic carbocycles. The average molecular weight is 433 g/mol. The number of likely N-dealkylation sites (N-methyl/N-ethyl adjacent to an activating group) is 1. The summed E-state index contributed by atoms with van der Waals surface area (Å²) in [5.41, 5.74) is 10.8. The van der Waals surface area contributed by atoms with Crippen molar-refractivity contribution in [2.75, 3.05) is 11.9 Å². The van der Waals surface area contributed by atoms with E-state index < -0.39 is 29.2 Å². The maximum Gasteiger partial charge on any atom is 0.277 e. The summed E-state index contributed by atoms with van der Waals surface area (Å²) in [7, 11) is 1.49. The predicted octanol–water partition coefficient (Wildman–Crippen LogP) is 1.97. The number of Topliss-reactive ketones (excluding diaryl/α,β-unsaturated/α-hetero) is 1. The van der Waals surface area contributed by atoms with Gasteiger partial charge in [-0.25, -0.2) is 9.38 Å². The number of halogens is 2. The van der Waals surface area contributed by atoms with Crippen LogP contribution in [0.5, 0.6) is 0 Å². The number of carbonyl (C=O) groups is 2. The summed E-state index contributed by atoms with van der Waals surface area (Å²) in [5.74, 6) is -2.03. The second-order valence-corrected chi connectivity index (χ2v) is 7.30. The molecule has 6 nitrogen and oxygen atoms in total. The van der Waals surface area contributed by atoms with E-state index in [9.17, 15) is 14.0 Å². The summed E-state index contributed by atoms with van der Waals surface area (Å²) in [5, 5.41) is 0. The third kappa shape index (κ3) is 3.20. The molecule has 2 aromatic carbocycles. The van der Waals surface area contributed by atoms with Crippen molar-refractivity contribution in [2.45, 2.75) is 18.6 Å². The van der Waals surface area contributed by atoms with Crippen molar-refractivity contribution < 1.29 is 14.0 Å². The highest BCUT2D eigenvalue weighted by Gasteiger charge is 2.48. The number of hydrogen-bond acceptors (Lipinski definition) is 5. The third-order valence-corrected chi connectivity index (χ3v) is 4.91. The summed E-state index contributed by atoms with van der Waals surface area (Å²) in [6, 6.07) is 10.1. The smallest absolute Gasteiger partial charge is 0.277 e. The highest BCUT2D eigenvalue weighted by molar-refractivity contribution is 9.10. The third-order valence-electron chi connectivity index (χ3n) is 4.41. The molecule has 0 fully saturated rings. The van der Waals surface area contributed by atoms with Crippen molar-refractivity contribution in [2.24, 2.45) is 16.5 Å². The van der Waals surface area contributed by atoms with E-state index in [1.165, 1.54) is 37.1 Å². The van der Waals surface area contributed by atoms with E-state index in [1.54, 1.807) is 24.3 Å². The number of benzene rings is 2. The second kappa shape index (κ2) is 6.95. The molecule has 0 radical (unpaired) electrons. The zero-order valence-corrected chi connectivity index (χ0v) is 16.3. The van der Waals surface area contributed by atoms with Crippen molar-refractivity contribution in [3.63, 3.8) is 0 Å². The maximum atomic E-state index is 14.6. The molecule has 0 saturated heterocycles. The van der Waals surface area contributed by atoms with Crippen LogP contribution in [-0.4, -0.2) is 36.2 Å². The standard InChI is InChI=1S/C19H18BrFN4O2/c1-10(22)17(26)19(23)18(27)25(2)15-8-7-11(20)9-13(15)16(24-19)12-5-3-4-6-14(12)21/h3-10H,22-23H2,1-2H3/t10-,19?/m0/s1. The van der Waals surface area contributed by atoms with Gasteiger partial charge in [0.2, 0.25) is 11.4 Å². The molecule has 1 aliphatic rings. The average Bonchev–Trinajstić information content (AvgIpc) is 2.71. The molecule has 4 N–H and O–H groups in total. The Kier molecular flexibility index (Phi) is 4.98. The Morgan fingerprint density at radius 2 is 1.93 bits per heavy atom. The minimum atomic E-state index is -2.26. The number of carbonyl (C=O) groups excluding carboxylic acids is 2. The van der Waals surface area contributed by atoms with Gasteiger partial charge in [-0.05, 0) is 37.3 Å². The molecule has 27 heavy (non-hydrogen) atoms. The molecule has 1 heterocycles. The minimum absolute atomic E-state index is 0.110. The Hall–Kier alpha value is -2.42. The molecular weight excluding hydrogens is 415 g/mol. The summed E-state index contributed by atoms with van der Waals surface area (Å²) >= 11 is 3.38. The van der Waals surface area contributed by atoms with E-state index in [0.717, 1.165) is 0 Å². The highest BCUT2D eigenvalue weighted by atomic mass is 79.9. The topological polar surface area (TPSA) is 102 Å². The lowest BCUT2D eigenvalue weighted by Gasteiger charge is -2.27. The van der Waals surface area contributed by atoms with Gasteiger partial charge in [-0.2, -0.15) is 0 Å². The number of hydrogen-bond donors (Lipinski definition) is 2. The number of nitrogens with two attached hydrogens (primary N) is 2. The van der Waals surface area contributed by atoms with Crippen LogP contribution in [0, 0.1) is 5.82 Å². The van der Waals surface area contributed by atoms with Gasteiger partial charge in [0.1, 0.15) is 5.82 Å². The van der Waals surface area contributed by atoms with Gasteiger partial charge in [-0.15, -0.1) is 0 Å². The molecule has 3 rings (SSSR count). The number of rotatable bonds is 3. The van der Waals surface area contributed by atoms with Gasteiger partial charge in [0.25, 0.3) is 5.91 Å². The van der Waals surface area contributed by atoms with Crippen molar-refractivity contribution in [3.8, 4) is 0 Å². The van der Waals surface area contributed by atoms with Gasteiger partial charge >= 0.3 is 0 Å². The van der Waals surface area contributed by atoms with Gasteiger partial charge in [-0.1, -0.05) is 28.1 Å². The molecule has 0 aromatic heterocycles. The fraction of sp³-hybridized carbons (Fsp3) is 0.211. The fourth-order valence-electron chi connectivity index (χ4n) is 3.01. The number of ketones is 1. The minimum Gasteiger partial charge on any atom is -0.322 e. The fourth-order valence-corrected chi connectivity index (χ4v) is 3.37. The monoisotopic (exact) mass is 432 g/mol. The number of amides is 1. The van der Waals surface area contributed by atoms with E-state index in [1.807, 2.05) is 0 Å². The van der Waals surface area contributed by atoms with Crippen LogP contribution in [0.1, 0.15) is 18.1 Å². The first-order valence-electron chi connectivity index (χ1n) is 8.18. The molecule has 0 bridgehead atoms. The van der Waals surface area contributed by atoms with Crippen molar-refractivity contribution in [3.05, 3.63) is 63.9 Å². The lowest BCUT2D eigenvalue weighted by molar-refractivity contribution is -0.134. The van der Waals surface area contributed by atoms with Crippen LogP contribution in [0.15, 0.2) is 51.9 Å². The molecule has 8 heteroatoms. The number of benzodiazepines with no additional fused rings is 1. The number of anilines is 1. The first kappa shape index (κ1) is 19.3. The SMILES string of the molecule is C[C@H](N)C(=O)C1(N)N=C(c2ccccc2F)c2cc(Br)ccc2N(C)C1=O. The summed E-state index contributed by atoms with van der Waals surface area (Å²) in [4.78, 5) is 31.3. The van der Waals surface area contributed by atoms with Crippen LogP contribution in [-0.2, 0) is 9.59 Å². The Balaban J connectivity index is 2.39. The first-order valence-corrected chi connectivity index (χ1v) is 8.97. The van der Waals surface area contributed by atoms with E-state index in [0.29, 0.717) is 15.7 Å². The van der Waals surface area contributed by atoms with Crippen LogP contribution in [0.4, 0.5) is 10.1 Å². The van der Waals surface area contributed by atoms with E-state index >= 15 is 0 Å². The van der Waals surface area contributed by atoms with Crippen molar-refractivity contribution in [1.29, 1.82) is 0 Å². The van der Waals surface area contributed by atoms with Crippen LogP contribution >= 0.6 is 15.9 Å². The highest BCUT2D eigenvalue weighted by Crippen LogP contribution is 2.33. The Morgan fingerprint density at radius 1 is 1.26 bits per heavy atom. The number of nitrogens with zero attached hydrogens (tertiary/aromatic N) is 2. The van der Waals surface area contributed by atoms with Gasteiger partial charge < -0.3 is 10.6 Å². The largest absolute Gasteiger partial charge is 0.322 e. The molecule has 140 valence electrons. The Morgan fingerprint density at radius 3 is 2.56 bits per heavy atom. The molecule has 2 aromatic rings. The van der Waals surface area contributed by atoms with Gasteiger partial charge in [0.05, 0.1) is 17.4 Å². The van der Waals surface area contributed by atoms with Gasteiger partial charge in [0, 0.05) is 22.6 Å². The van der Waals surface area contributed by atoms with Gasteiger partial charge in [-0.3, -0.25) is 15.3 Å². The Labute approximate surface area is 164 Å². The summed E-state index contributed by atoms with van der Waals surface area (Å²) in [6.45, 7) is 1.43. The zero-order chi connectivity index (χ0) is 19.9. The summed E-state index contributed by atoms with van der Waals surface area (Å²) < 4.78 is 15.3. The number of fused-ring (bicyclic) bond motifs is 1. The lowest BCUT2D eigenvalue weighted by atomic mass is 9.98. The van der Waals surface area contributed by atoms with Gasteiger partial charge in [0.15, 0.2) is 0 Å². The van der Waals surface area contributed by atoms with Crippen LogP contribution in [0.25, 0.3) is 0 Å². The van der Waals surface area contributed by atoms with E-state index in [4.69, 9.17) is 11.5 Å². The number of aliphatic imine (C=N–C) groups is 1. The molecular formula is C19H18BrFN4O2. The molecule has 1 amide bonds. The molecule has 0 saturated carbocycles. The van der Waals surface area contributed by atoms with Crippen LogP contribution < -0.4 is 16.4 Å². The molecule has 1 unspecified atom stereocenters. The van der Waals surface area contributed by atoms with Crippen molar-refractivity contribution in [1.82, 2.24) is 0 Å². The molecule has 1 aliphatic heterocycles. The zero-order valence-electron chi connectivity index (χ0n) is 14.7. The normalized spacial score (nSPS) is 20.6. The molecule has 0 spiro atoms.